The molecule has 0 amide bonds. The van der Waals surface area contributed by atoms with Gasteiger partial charge in [0.2, 0.25) is 0 Å². The molecule has 0 bridgehead atoms. The highest BCUT2D eigenvalue weighted by molar-refractivity contribution is 8.00. The van der Waals surface area contributed by atoms with Crippen molar-refractivity contribution < 1.29 is 9.47 Å². The molecule has 0 aromatic heterocycles. The molecule has 0 aliphatic carbocycles. The largest absolute Gasteiger partial charge is 0.493 e. The summed E-state index contributed by atoms with van der Waals surface area (Å²) in [5.74, 6) is 4.14. The van der Waals surface area contributed by atoms with Gasteiger partial charge < -0.3 is 15.2 Å². The molecule has 1 aromatic carbocycles. The molecule has 1 fully saturated rings. The summed E-state index contributed by atoms with van der Waals surface area (Å²) in [7, 11) is 1.68. The molecule has 1 unspecified atom stereocenters. The van der Waals surface area contributed by atoms with Gasteiger partial charge in [0.1, 0.15) is 6.10 Å². The summed E-state index contributed by atoms with van der Waals surface area (Å²) in [6.45, 7) is 2.75. The van der Waals surface area contributed by atoms with E-state index in [1.807, 2.05) is 23.9 Å². The number of methoxy groups -OCH3 is 1. The topological polar surface area (TPSA) is 44.5 Å². The Morgan fingerprint density at radius 2 is 2.18 bits per heavy atom. The molecule has 4 heteroatoms. The maximum atomic E-state index is 5.86. The third kappa shape index (κ3) is 2.87. The number of thioether (sulfide) groups is 1. The maximum Gasteiger partial charge on any atom is 0.161 e. The summed E-state index contributed by atoms with van der Waals surface area (Å²) in [5, 5.41) is 0. The number of ether oxygens (including phenoxy) is 2. The molecule has 17 heavy (non-hydrogen) atoms. The molecule has 1 saturated heterocycles. The summed E-state index contributed by atoms with van der Waals surface area (Å²) < 4.78 is 11.2. The van der Waals surface area contributed by atoms with Crippen LogP contribution < -0.4 is 15.2 Å². The zero-order valence-electron chi connectivity index (χ0n) is 10.3. The molecule has 94 valence electrons. The minimum absolute atomic E-state index is 0.340. The van der Waals surface area contributed by atoms with Crippen LogP contribution in [-0.4, -0.2) is 31.3 Å². The van der Waals surface area contributed by atoms with Crippen molar-refractivity contribution >= 4 is 11.8 Å². The summed E-state index contributed by atoms with van der Waals surface area (Å²) in [6.07, 6.45) is 0.340. The fraction of sp³-hybridized carbons (Fsp3) is 0.538. The lowest BCUT2D eigenvalue weighted by atomic mass is 10.0. The predicted molar refractivity (Wildman–Crippen MR) is 72.2 cm³/mol. The zero-order valence-corrected chi connectivity index (χ0v) is 11.1. The summed E-state index contributed by atoms with van der Waals surface area (Å²) in [4.78, 5) is 0. The molecule has 0 saturated carbocycles. The van der Waals surface area contributed by atoms with Crippen LogP contribution in [0, 0.1) is 0 Å². The number of rotatable bonds is 5. The average molecular weight is 253 g/mol. The zero-order chi connectivity index (χ0) is 12.3. The van der Waals surface area contributed by atoms with Gasteiger partial charge in [-0.05, 0) is 30.2 Å². The second-order valence-electron chi connectivity index (χ2n) is 4.32. The normalized spacial score (nSPS) is 17.4. The van der Waals surface area contributed by atoms with Gasteiger partial charge in [-0.2, -0.15) is 11.8 Å². The van der Waals surface area contributed by atoms with Gasteiger partial charge in [-0.15, -0.1) is 0 Å². The van der Waals surface area contributed by atoms with Crippen LogP contribution in [0.1, 0.15) is 18.4 Å². The Morgan fingerprint density at radius 3 is 2.71 bits per heavy atom. The molecule has 1 aliphatic rings. The van der Waals surface area contributed by atoms with Gasteiger partial charge in [-0.25, -0.2) is 0 Å². The Morgan fingerprint density at radius 1 is 1.41 bits per heavy atom. The Kier molecular flexibility index (Phi) is 4.18. The molecular weight excluding hydrogens is 234 g/mol. The monoisotopic (exact) mass is 253 g/mol. The fourth-order valence-corrected chi connectivity index (χ4v) is 2.25. The molecular formula is C13H19NO2S. The molecule has 1 aliphatic heterocycles. The third-order valence-electron chi connectivity index (χ3n) is 3.01. The van der Waals surface area contributed by atoms with Crippen molar-refractivity contribution in [2.24, 2.45) is 5.73 Å². The summed E-state index contributed by atoms with van der Waals surface area (Å²) >= 11 is 1.91. The summed E-state index contributed by atoms with van der Waals surface area (Å²) in [5.41, 5.74) is 6.86. The van der Waals surface area contributed by atoms with E-state index in [1.165, 1.54) is 5.56 Å². The van der Waals surface area contributed by atoms with Gasteiger partial charge >= 0.3 is 0 Å². The average Bonchev–Trinajstić information content (AvgIpc) is 2.32. The highest BCUT2D eigenvalue weighted by atomic mass is 32.2. The van der Waals surface area contributed by atoms with E-state index in [1.54, 1.807) is 7.11 Å². The van der Waals surface area contributed by atoms with Crippen molar-refractivity contribution in [3.63, 3.8) is 0 Å². The molecule has 1 aromatic rings. The Bertz CT molecular complexity index is 380. The standard InChI is InChI=1S/C13H19NO2S/c1-9(6-14)10-3-4-12(13(5-10)15-2)16-11-7-17-8-11/h3-5,9,11H,6-8,14H2,1-2H3. The minimum Gasteiger partial charge on any atom is -0.493 e. The van der Waals surface area contributed by atoms with Gasteiger partial charge in [-0.3, -0.25) is 0 Å². The summed E-state index contributed by atoms with van der Waals surface area (Å²) in [6, 6.07) is 6.09. The number of hydrogen-bond donors (Lipinski definition) is 1. The van der Waals surface area contributed by atoms with Gasteiger partial charge in [0, 0.05) is 11.5 Å². The van der Waals surface area contributed by atoms with Gasteiger partial charge in [-0.1, -0.05) is 13.0 Å². The van der Waals surface area contributed by atoms with E-state index >= 15 is 0 Å². The van der Waals surface area contributed by atoms with Crippen molar-refractivity contribution in [2.45, 2.75) is 18.9 Å². The van der Waals surface area contributed by atoms with E-state index in [0.717, 1.165) is 23.0 Å². The molecule has 0 spiro atoms. The molecule has 1 heterocycles. The van der Waals surface area contributed by atoms with Crippen LogP contribution in [0.5, 0.6) is 11.5 Å². The number of benzene rings is 1. The second-order valence-corrected chi connectivity index (χ2v) is 5.40. The lowest BCUT2D eigenvalue weighted by Gasteiger charge is -2.27. The fourth-order valence-electron chi connectivity index (χ4n) is 1.69. The second kappa shape index (κ2) is 5.65. The van der Waals surface area contributed by atoms with E-state index < -0.39 is 0 Å². The van der Waals surface area contributed by atoms with Crippen molar-refractivity contribution in [1.82, 2.24) is 0 Å². The Labute approximate surface area is 107 Å². The smallest absolute Gasteiger partial charge is 0.161 e. The van der Waals surface area contributed by atoms with Crippen molar-refractivity contribution in [3.8, 4) is 11.5 Å². The van der Waals surface area contributed by atoms with Crippen LogP contribution in [0.15, 0.2) is 18.2 Å². The quantitative estimate of drug-likeness (QED) is 0.874. The van der Waals surface area contributed by atoms with E-state index in [0.29, 0.717) is 18.6 Å². The van der Waals surface area contributed by atoms with Crippen LogP contribution in [0.4, 0.5) is 0 Å². The van der Waals surface area contributed by atoms with E-state index in [9.17, 15) is 0 Å². The molecule has 0 radical (unpaired) electrons. The lowest BCUT2D eigenvalue weighted by Crippen LogP contribution is -2.31. The molecule has 3 nitrogen and oxygen atoms in total. The Hall–Kier alpha value is -0.870. The first-order chi connectivity index (χ1) is 8.24. The number of nitrogens with two attached hydrogens (primary N) is 1. The van der Waals surface area contributed by atoms with Crippen LogP contribution in [-0.2, 0) is 0 Å². The SMILES string of the molecule is COc1cc(C(C)CN)ccc1OC1CSC1. The third-order valence-corrected chi connectivity index (χ3v) is 4.23. The van der Waals surface area contributed by atoms with E-state index in [-0.39, 0.29) is 0 Å². The number of hydrogen-bond acceptors (Lipinski definition) is 4. The maximum absolute atomic E-state index is 5.86. The van der Waals surface area contributed by atoms with Gasteiger partial charge in [0.05, 0.1) is 7.11 Å². The minimum atomic E-state index is 0.340. The molecule has 1 atom stereocenters. The first-order valence-electron chi connectivity index (χ1n) is 5.87. The van der Waals surface area contributed by atoms with Crippen LogP contribution in [0.2, 0.25) is 0 Å². The van der Waals surface area contributed by atoms with Gasteiger partial charge in [0.15, 0.2) is 11.5 Å². The first kappa shape index (κ1) is 12.6. The van der Waals surface area contributed by atoms with Crippen LogP contribution in [0.25, 0.3) is 0 Å². The van der Waals surface area contributed by atoms with Crippen LogP contribution in [0.3, 0.4) is 0 Å². The van der Waals surface area contributed by atoms with Crippen LogP contribution >= 0.6 is 11.8 Å². The lowest BCUT2D eigenvalue weighted by molar-refractivity contribution is 0.228. The Balaban J connectivity index is 2.15. The van der Waals surface area contributed by atoms with Gasteiger partial charge in [0.25, 0.3) is 0 Å². The predicted octanol–water partition coefficient (Wildman–Crippen LogP) is 2.25. The highest BCUT2D eigenvalue weighted by Crippen LogP contribution is 2.33. The van der Waals surface area contributed by atoms with E-state index in [2.05, 4.69) is 13.0 Å². The van der Waals surface area contributed by atoms with E-state index in [4.69, 9.17) is 15.2 Å². The van der Waals surface area contributed by atoms with Crippen molar-refractivity contribution in [3.05, 3.63) is 23.8 Å². The first-order valence-corrected chi connectivity index (χ1v) is 7.02. The highest BCUT2D eigenvalue weighted by Gasteiger charge is 2.21. The van der Waals surface area contributed by atoms with Crippen molar-refractivity contribution in [2.75, 3.05) is 25.2 Å². The molecule has 2 N–H and O–H groups in total. The van der Waals surface area contributed by atoms with Crippen molar-refractivity contribution in [1.29, 1.82) is 0 Å². The molecule has 2 rings (SSSR count).